The van der Waals surface area contributed by atoms with Crippen LogP contribution in [0.5, 0.6) is 0 Å². The fourth-order valence-corrected chi connectivity index (χ4v) is 0. The van der Waals surface area contributed by atoms with Gasteiger partial charge in [-0.1, -0.05) is 0 Å². The van der Waals surface area contributed by atoms with Crippen molar-refractivity contribution in [3.05, 3.63) is 0 Å². The van der Waals surface area contributed by atoms with Crippen LogP contribution in [0, 0.1) is 0 Å². The van der Waals surface area contributed by atoms with Gasteiger partial charge in [-0.15, -0.1) is 0 Å². The Kier molecular flexibility index (Phi) is 32.6. The molecule has 0 aliphatic carbocycles. The van der Waals surface area contributed by atoms with E-state index < -0.39 is 9.38 Å². The van der Waals surface area contributed by atoms with Crippen LogP contribution in [0.3, 0.4) is 0 Å². The molecule has 0 bridgehead atoms. The van der Waals surface area contributed by atoms with E-state index in [9.17, 15) is 0 Å². The maximum atomic E-state index is 8.94. The molecule has 0 atom stereocenters. The Morgan fingerprint density at radius 1 is 1.17 bits per heavy atom. The van der Waals surface area contributed by atoms with Crippen molar-refractivity contribution in [2.45, 2.75) is 0 Å². The van der Waals surface area contributed by atoms with Crippen molar-refractivity contribution in [3.8, 4) is 0 Å². The zero-order valence-electron chi connectivity index (χ0n) is 3.63. The summed E-state index contributed by atoms with van der Waals surface area (Å²) < 4.78 is 17.9. The molecule has 0 rings (SSSR count). The Balaban J connectivity index is -0.0000000450. The molecule has 2 nitrogen and oxygen atoms in total. The predicted molar refractivity (Wildman–Crippen MR) is 14.9 cm³/mol. The van der Waals surface area contributed by atoms with Gasteiger partial charge in [-0.2, -0.15) is 0 Å². The standard InChI is InChI=1S/2K.H2O2SSe/c;;1-3(2)4/h;;(H2,1,2,4)/q2*+1;/p-2. The first-order valence-corrected chi connectivity index (χ1v) is 3.60. The van der Waals surface area contributed by atoms with Gasteiger partial charge >= 0.3 is 136 Å². The minimum absolute atomic E-state index is 0. The molecule has 0 aliphatic rings. The van der Waals surface area contributed by atoms with E-state index in [0.717, 1.165) is 0 Å². The van der Waals surface area contributed by atoms with Crippen molar-refractivity contribution in [1.82, 2.24) is 0 Å². The molecule has 0 amide bonds. The molecule has 0 radical (unpaired) electrons. The summed E-state index contributed by atoms with van der Waals surface area (Å²) >= 11 is 1.82. The number of hydrogen-bond donors (Lipinski definition) is 0. The van der Waals surface area contributed by atoms with E-state index in [1.54, 1.807) is 0 Å². The third-order valence-electron chi connectivity index (χ3n) is 0. The monoisotopic (exact) mass is 222 g/mol. The molecule has 0 saturated heterocycles. The second kappa shape index (κ2) is 11.8. The summed E-state index contributed by atoms with van der Waals surface area (Å²) in [5, 5.41) is 0. The SMILES string of the molecule is [K+].[K+].[O-]S([O-])=[Se]. The third-order valence-corrected chi connectivity index (χ3v) is 0. The van der Waals surface area contributed by atoms with Crippen LogP contribution in [0.2, 0.25) is 0 Å². The van der Waals surface area contributed by atoms with Crippen LogP contribution in [0.15, 0.2) is 0 Å². The van der Waals surface area contributed by atoms with Gasteiger partial charge in [0.15, 0.2) is 0 Å². The van der Waals surface area contributed by atoms with E-state index in [4.69, 9.17) is 9.11 Å². The first kappa shape index (κ1) is 16.6. The van der Waals surface area contributed by atoms with Gasteiger partial charge in [-0.3, -0.25) is 0 Å². The van der Waals surface area contributed by atoms with Crippen molar-refractivity contribution in [2.24, 2.45) is 0 Å². The first-order chi connectivity index (χ1) is 1.73. The Bertz CT molecular complexity index is 34.5. The first-order valence-electron chi connectivity index (χ1n) is 0.500. The average Bonchev–Trinajstić information content (AvgIpc) is 0.811. The fourth-order valence-electron chi connectivity index (χ4n) is 0. The van der Waals surface area contributed by atoms with Gasteiger partial charge in [-0.05, 0) is 0 Å². The molecule has 0 aromatic rings. The Hall–Kier alpha value is 4.06. The second-order valence-electron chi connectivity index (χ2n) is 0.204. The Labute approximate surface area is 131 Å². The van der Waals surface area contributed by atoms with E-state index in [-0.39, 0.29) is 103 Å². The van der Waals surface area contributed by atoms with Crippen LogP contribution < -0.4 is 103 Å². The van der Waals surface area contributed by atoms with Crippen LogP contribution >= 0.6 is 9.38 Å². The van der Waals surface area contributed by atoms with Gasteiger partial charge in [0.25, 0.3) is 0 Å². The molecule has 0 aliphatic heterocycles. The molecule has 0 aromatic carbocycles. The number of rotatable bonds is 0. The molecule has 0 unspecified atom stereocenters. The number of hydrogen-bond acceptors (Lipinski definition) is 2. The second-order valence-corrected chi connectivity index (χ2v) is 2.33. The van der Waals surface area contributed by atoms with E-state index >= 15 is 0 Å². The van der Waals surface area contributed by atoms with Gasteiger partial charge in [0, 0.05) is 0 Å². The molecule has 6 heteroatoms. The zero-order chi connectivity index (χ0) is 3.58. The maximum absolute atomic E-state index is 8.94. The average molecular weight is 221 g/mol. The molecule has 0 spiro atoms. The summed E-state index contributed by atoms with van der Waals surface area (Å²) in [5.41, 5.74) is 0. The van der Waals surface area contributed by atoms with E-state index in [0.29, 0.717) is 0 Å². The molecule has 0 aromatic heterocycles. The minimum atomic E-state index is -1.99. The van der Waals surface area contributed by atoms with Crippen molar-refractivity contribution in [2.75, 3.05) is 0 Å². The fraction of sp³-hybridized carbons (Fsp3) is 0. The van der Waals surface area contributed by atoms with Crippen LogP contribution in [-0.4, -0.2) is 23.5 Å². The molecule has 6 heavy (non-hydrogen) atoms. The predicted octanol–water partition coefficient (Wildman–Crippen LogP) is -6.39. The molecule has 0 fully saturated rings. The summed E-state index contributed by atoms with van der Waals surface area (Å²) in [6, 6.07) is 0. The molecule has 26 valence electrons. The topological polar surface area (TPSA) is 46.1 Å². The zero-order valence-corrected chi connectivity index (χ0v) is 12.4. The molecular weight excluding hydrogens is 221 g/mol. The van der Waals surface area contributed by atoms with Crippen LogP contribution in [0.25, 0.3) is 0 Å². The molecule has 0 saturated carbocycles. The quantitative estimate of drug-likeness (QED) is 0.382. The Morgan fingerprint density at radius 3 is 1.17 bits per heavy atom. The van der Waals surface area contributed by atoms with Gasteiger partial charge in [-0.25, -0.2) is 0 Å². The summed E-state index contributed by atoms with van der Waals surface area (Å²) in [5.74, 6) is 0. The summed E-state index contributed by atoms with van der Waals surface area (Å²) in [6.07, 6.45) is 0. The van der Waals surface area contributed by atoms with Crippen molar-refractivity contribution < 1.29 is 112 Å². The third kappa shape index (κ3) is 24.4. The molecule has 0 heterocycles. The van der Waals surface area contributed by atoms with E-state index in [2.05, 4.69) is 0 Å². The van der Waals surface area contributed by atoms with Crippen molar-refractivity contribution in [3.63, 3.8) is 0 Å². The van der Waals surface area contributed by atoms with Crippen LogP contribution in [0.1, 0.15) is 0 Å². The van der Waals surface area contributed by atoms with E-state index in [1.165, 1.54) is 0 Å². The van der Waals surface area contributed by atoms with Gasteiger partial charge in [0.2, 0.25) is 0 Å². The van der Waals surface area contributed by atoms with Gasteiger partial charge < -0.3 is 0 Å². The van der Waals surface area contributed by atoms with Crippen molar-refractivity contribution >= 4 is 23.8 Å². The van der Waals surface area contributed by atoms with Gasteiger partial charge in [0.05, 0.1) is 0 Å². The normalized spacial score (nSPS) is 5.83. The summed E-state index contributed by atoms with van der Waals surface area (Å²) in [4.78, 5) is 0. The van der Waals surface area contributed by atoms with E-state index in [1.807, 2.05) is 14.4 Å². The summed E-state index contributed by atoms with van der Waals surface area (Å²) in [7, 11) is -1.99. The van der Waals surface area contributed by atoms with Crippen LogP contribution in [0.4, 0.5) is 0 Å². The van der Waals surface area contributed by atoms with Gasteiger partial charge in [0.1, 0.15) is 0 Å². The van der Waals surface area contributed by atoms with Crippen LogP contribution in [-0.2, 0) is 0 Å². The molecular formula is K2O2SSe. The Morgan fingerprint density at radius 2 is 1.17 bits per heavy atom. The molecule has 0 N–H and O–H groups in total. The summed E-state index contributed by atoms with van der Waals surface area (Å²) in [6.45, 7) is 0. The van der Waals surface area contributed by atoms with Crippen molar-refractivity contribution in [1.29, 1.82) is 0 Å².